The second-order valence-corrected chi connectivity index (χ2v) is 3.30. The first-order chi connectivity index (χ1) is 5.74. The molecule has 0 bridgehead atoms. The smallest absolute Gasteiger partial charge is 0.223 e. The van der Waals surface area contributed by atoms with Gasteiger partial charge in [-0.1, -0.05) is 0 Å². The van der Waals surface area contributed by atoms with Crippen molar-refractivity contribution in [3.8, 4) is 0 Å². The third kappa shape index (κ3) is 2.46. The lowest BCUT2D eigenvalue weighted by molar-refractivity contribution is -0.122. The summed E-state index contributed by atoms with van der Waals surface area (Å²) in [7, 11) is 0. The number of aliphatic hydroxyl groups is 1. The fourth-order valence-corrected chi connectivity index (χ4v) is 1.43. The van der Waals surface area contributed by atoms with Crippen molar-refractivity contribution in [2.24, 2.45) is 11.7 Å². The van der Waals surface area contributed by atoms with Crippen LogP contribution in [0.4, 0.5) is 0 Å². The van der Waals surface area contributed by atoms with Gasteiger partial charge in [0.15, 0.2) is 0 Å². The summed E-state index contributed by atoms with van der Waals surface area (Å²) in [5, 5.41) is 11.4. The zero-order chi connectivity index (χ0) is 8.97. The minimum Gasteiger partial charge on any atom is -0.395 e. The summed E-state index contributed by atoms with van der Waals surface area (Å²) in [5.74, 6) is 0.266. The van der Waals surface area contributed by atoms with E-state index >= 15 is 0 Å². The van der Waals surface area contributed by atoms with E-state index in [1.807, 2.05) is 0 Å². The lowest BCUT2D eigenvalue weighted by atomic mass is 9.99. The van der Waals surface area contributed by atoms with E-state index in [0.29, 0.717) is 0 Å². The molecule has 4 nitrogen and oxygen atoms in total. The van der Waals surface area contributed by atoms with Gasteiger partial charge in [-0.05, 0) is 19.3 Å². The van der Waals surface area contributed by atoms with Crippen LogP contribution in [-0.2, 0) is 4.79 Å². The molecule has 12 heavy (non-hydrogen) atoms. The standard InChI is InChI=1S/C8H16N2O2/c9-7(5-11)2-1-6-3-4-10-8(6)12/h6-7,11H,1-5,9H2,(H,10,12)/t6-,7+/m1/s1. The van der Waals surface area contributed by atoms with E-state index in [4.69, 9.17) is 10.8 Å². The molecule has 1 heterocycles. The van der Waals surface area contributed by atoms with E-state index in [9.17, 15) is 4.79 Å². The summed E-state index contributed by atoms with van der Waals surface area (Å²) in [6.07, 6.45) is 2.44. The summed E-state index contributed by atoms with van der Waals surface area (Å²) in [4.78, 5) is 11.1. The molecule has 1 fully saturated rings. The topological polar surface area (TPSA) is 75.3 Å². The number of aliphatic hydroxyl groups excluding tert-OH is 1. The molecule has 1 aliphatic heterocycles. The first-order valence-corrected chi connectivity index (χ1v) is 4.38. The van der Waals surface area contributed by atoms with Gasteiger partial charge in [-0.25, -0.2) is 0 Å². The van der Waals surface area contributed by atoms with Crippen molar-refractivity contribution in [1.29, 1.82) is 0 Å². The van der Waals surface area contributed by atoms with Gasteiger partial charge in [0.05, 0.1) is 6.61 Å². The first kappa shape index (κ1) is 9.48. The van der Waals surface area contributed by atoms with Crippen molar-refractivity contribution in [3.05, 3.63) is 0 Å². The molecular weight excluding hydrogens is 156 g/mol. The monoisotopic (exact) mass is 172 g/mol. The molecule has 4 N–H and O–H groups in total. The molecule has 70 valence electrons. The summed E-state index contributed by atoms with van der Waals surface area (Å²) in [5.41, 5.74) is 5.51. The van der Waals surface area contributed by atoms with Gasteiger partial charge in [-0.2, -0.15) is 0 Å². The molecular formula is C8H16N2O2. The van der Waals surface area contributed by atoms with Crippen molar-refractivity contribution >= 4 is 5.91 Å². The molecule has 2 atom stereocenters. The first-order valence-electron chi connectivity index (χ1n) is 4.38. The van der Waals surface area contributed by atoms with Crippen LogP contribution >= 0.6 is 0 Å². The summed E-state index contributed by atoms with van der Waals surface area (Å²) >= 11 is 0. The van der Waals surface area contributed by atoms with Crippen LogP contribution < -0.4 is 11.1 Å². The van der Waals surface area contributed by atoms with Gasteiger partial charge in [0.1, 0.15) is 0 Å². The molecule has 1 amide bonds. The number of amides is 1. The zero-order valence-electron chi connectivity index (χ0n) is 7.12. The van der Waals surface area contributed by atoms with Crippen molar-refractivity contribution in [3.63, 3.8) is 0 Å². The van der Waals surface area contributed by atoms with Crippen LogP contribution in [0.15, 0.2) is 0 Å². The maximum absolute atomic E-state index is 11.1. The SMILES string of the molecule is N[C@H](CO)CC[C@@H]1CCNC1=O. The van der Waals surface area contributed by atoms with E-state index in [1.54, 1.807) is 0 Å². The minimum atomic E-state index is -0.168. The molecule has 0 unspecified atom stereocenters. The van der Waals surface area contributed by atoms with Gasteiger partial charge < -0.3 is 16.2 Å². The molecule has 1 rings (SSSR count). The Morgan fingerprint density at radius 2 is 2.50 bits per heavy atom. The number of nitrogens with one attached hydrogen (secondary N) is 1. The predicted molar refractivity (Wildman–Crippen MR) is 45.4 cm³/mol. The van der Waals surface area contributed by atoms with Gasteiger partial charge in [0.25, 0.3) is 0 Å². The molecule has 0 aliphatic carbocycles. The third-order valence-corrected chi connectivity index (χ3v) is 2.28. The van der Waals surface area contributed by atoms with E-state index in [1.165, 1.54) is 0 Å². The van der Waals surface area contributed by atoms with Crippen LogP contribution in [0.2, 0.25) is 0 Å². The van der Waals surface area contributed by atoms with E-state index in [0.717, 1.165) is 25.8 Å². The normalized spacial score (nSPS) is 25.5. The maximum Gasteiger partial charge on any atom is 0.223 e. The quantitative estimate of drug-likeness (QED) is 0.521. The van der Waals surface area contributed by atoms with Crippen LogP contribution in [0, 0.1) is 5.92 Å². The fourth-order valence-electron chi connectivity index (χ4n) is 1.43. The van der Waals surface area contributed by atoms with Crippen LogP contribution in [-0.4, -0.2) is 30.2 Å². The predicted octanol–water partition coefficient (Wildman–Crippen LogP) is -0.778. The fraction of sp³-hybridized carbons (Fsp3) is 0.875. The highest BCUT2D eigenvalue weighted by atomic mass is 16.3. The van der Waals surface area contributed by atoms with Crippen LogP contribution in [0.5, 0.6) is 0 Å². The van der Waals surface area contributed by atoms with E-state index in [-0.39, 0.29) is 24.5 Å². The average molecular weight is 172 g/mol. The minimum absolute atomic E-state index is 0.00827. The molecule has 0 spiro atoms. The zero-order valence-corrected chi connectivity index (χ0v) is 7.12. The number of hydrogen-bond donors (Lipinski definition) is 3. The maximum atomic E-state index is 11.1. The molecule has 1 aliphatic rings. The summed E-state index contributed by atoms with van der Waals surface area (Å²) in [6, 6.07) is -0.168. The Labute approximate surface area is 72.1 Å². The van der Waals surface area contributed by atoms with Gasteiger partial charge >= 0.3 is 0 Å². The Hall–Kier alpha value is -0.610. The Kier molecular flexibility index (Phi) is 3.49. The van der Waals surface area contributed by atoms with Crippen molar-refractivity contribution in [2.45, 2.75) is 25.3 Å². The Bertz CT molecular complexity index is 161. The van der Waals surface area contributed by atoms with Gasteiger partial charge in [-0.15, -0.1) is 0 Å². The van der Waals surface area contributed by atoms with Crippen molar-refractivity contribution in [1.82, 2.24) is 5.32 Å². The second kappa shape index (κ2) is 4.42. The Morgan fingerprint density at radius 1 is 1.75 bits per heavy atom. The average Bonchev–Trinajstić information content (AvgIpc) is 2.47. The summed E-state index contributed by atoms with van der Waals surface area (Å²) < 4.78 is 0. The second-order valence-electron chi connectivity index (χ2n) is 3.30. The highest BCUT2D eigenvalue weighted by Gasteiger charge is 2.23. The van der Waals surface area contributed by atoms with Gasteiger partial charge in [-0.3, -0.25) is 4.79 Å². The number of rotatable bonds is 4. The van der Waals surface area contributed by atoms with Crippen LogP contribution in [0.3, 0.4) is 0 Å². The number of carbonyl (C=O) groups is 1. The van der Waals surface area contributed by atoms with Crippen molar-refractivity contribution in [2.75, 3.05) is 13.2 Å². The van der Waals surface area contributed by atoms with Crippen LogP contribution in [0.25, 0.3) is 0 Å². The largest absolute Gasteiger partial charge is 0.395 e. The summed E-state index contributed by atoms with van der Waals surface area (Å²) in [6.45, 7) is 0.798. The number of nitrogens with two attached hydrogens (primary N) is 1. The van der Waals surface area contributed by atoms with Crippen LogP contribution in [0.1, 0.15) is 19.3 Å². The molecule has 4 heteroatoms. The molecule has 0 aromatic carbocycles. The molecule has 0 radical (unpaired) electrons. The number of hydrogen-bond acceptors (Lipinski definition) is 3. The Morgan fingerprint density at radius 3 is 3.00 bits per heavy atom. The Balaban J connectivity index is 2.18. The molecule has 0 saturated carbocycles. The highest BCUT2D eigenvalue weighted by molar-refractivity contribution is 5.80. The lowest BCUT2D eigenvalue weighted by Crippen LogP contribution is -2.26. The molecule has 1 saturated heterocycles. The van der Waals surface area contributed by atoms with E-state index < -0.39 is 0 Å². The highest BCUT2D eigenvalue weighted by Crippen LogP contribution is 2.16. The van der Waals surface area contributed by atoms with E-state index in [2.05, 4.69) is 5.32 Å². The third-order valence-electron chi connectivity index (χ3n) is 2.28. The van der Waals surface area contributed by atoms with Gasteiger partial charge in [0.2, 0.25) is 5.91 Å². The molecule has 0 aromatic rings. The molecule has 0 aromatic heterocycles. The lowest BCUT2D eigenvalue weighted by Gasteiger charge is -2.10. The number of carbonyl (C=O) groups excluding carboxylic acids is 1. The van der Waals surface area contributed by atoms with Gasteiger partial charge in [0, 0.05) is 18.5 Å². The van der Waals surface area contributed by atoms with Crippen molar-refractivity contribution < 1.29 is 9.90 Å².